The molecule has 1 unspecified atom stereocenters. The molecular weight excluding hydrogens is 236 g/mol. The minimum absolute atomic E-state index is 0.235. The number of nitrogens with zero attached hydrogens (tertiary/aromatic N) is 1. The third kappa shape index (κ3) is 2.74. The summed E-state index contributed by atoms with van der Waals surface area (Å²) >= 11 is 4.02. The van der Waals surface area contributed by atoms with Crippen molar-refractivity contribution in [1.82, 2.24) is 5.32 Å². The van der Waals surface area contributed by atoms with E-state index in [9.17, 15) is 4.79 Å². The van der Waals surface area contributed by atoms with Gasteiger partial charge in [-0.2, -0.15) is 0 Å². The first-order valence-electron chi connectivity index (χ1n) is 5.21. The fraction of sp³-hybridized carbons (Fsp3) is 0.250. The Morgan fingerprint density at radius 3 is 2.47 bits per heavy atom. The molecule has 0 aliphatic carbocycles. The zero-order valence-electron chi connectivity index (χ0n) is 9.68. The molecule has 5 heteroatoms. The van der Waals surface area contributed by atoms with E-state index in [1.165, 1.54) is 0 Å². The molecular formula is C12H14N2O2S. The van der Waals surface area contributed by atoms with Crippen LogP contribution in [0.25, 0.3) is 6.08 Å². The van der Waals surface area contributed by atoms with Gasteiger partial charge in [0.2, 0.25) is 5.56 Å². The van der Waals surface area contributed by atoms with Crippen molar-refractivity contribution in [3.8, 4) is 0 Å². The molecule has 0 aromatic heterocycles. The summed E-state index contributed by atoms with van der Waals surface area (Å²) in [5.74, 6) is 0.0595. The second-order valence-corrected chi connectivity index (χ2v) is 4.41. The molecule has 2 rings (SSSR count). The van der Waals surface area contributed by atoms with Gasteiger partial charge in [-0.05, 0) is 23.8 Å². The first-order chi connectivity index (χ1) is 8.06. The highest BCUT2D eigenvalue weighted by Crippen LogP contribution is 2.18. The maximum Gasteiger partial charge on any atom is 0.289 e. The van der Waals surface area contributed by atoms with Crippen LogP contribution in [-0.4, -0.2) is 25.6 Å². The van der Waals surface area contributed by atoms with E-state index >= 15 is 0 Å². The summed E-state index contributed by atoms with van der Waals surface area (Å²) < 4.78 is 5.21. The van der Waals surface area contributed by atoms with Gasteiger partial charge in [0.15, 0.2) is 5.76 Å². The summed E-state index contributed by atoms with van der Waals surface area (Å²) in [6, 6.07) is 7.84. The number of rotatable bonds is 2. The Bertz CT molecular complexity index is 454. The van der Waals surface area contributed by atoms with Gasteiger partial charge in [-0.25, -0.2) is 0 Å². The zero-order chi connectivity index (χ0) is 12.4. The van der Waals surface area contributed by atoms with E-state index < -0.39 is 5.56 Å². The molecule has 1 heterocycles. The van der Waals surface area contributed by atoms with E-state index in [4.69, 9.17) is 4.74 Å². The van der Waals surface area contributed by atoms with Gasteiger partial charge in [-0.1, -0.05) is 12.1 Å². The van der Waals surface area contributed by atoms with Crippen molar-refractivity contribution in [2.75, 3.05) is 19.0 Å². The summed E-state index contributed by atoms with van der Waals surface area (Å²) in [6.45, 7) is 0. The van der Waals surface area contributed by atoms with Crippen LogP contribution < -0.4 is 10.2 Å². The van der Waals surface area contributed by atoms with Crippen LogP contribution in [0.3, 0.4) is 0 Å². The summed E-state index contributed by atoms with van der Waals surface area (Å²) in [5.41, 5.74) is 1.48. The molecule has 0 saturated carbocycles. The Kier molecular flexibility index (Phi) is 3.28. The Balaban J connectivity index is 2.19. The Hall–Kier alpha value is -1.62. The first kappa shape index (κ1) is 11.9. The Labute approximate surface area is 106 Å². The van der Waals surface area contributed by atoms with Gasteiger partial charge in [0.05, 0.1) is 0 Å². The highest BCUT2D eigenvalue weighted by atomic mass is 32.1. The predicted molar refractivity (Wildman–Crippen MR) is 70.7 cm³/mol. The molecule has 0 bridgehead atoms. The van der Waals surface area contributed by atoms with Crippen molar-refractivity contribution >= 4 is 30.3 Å². The van der Waals surface area contributed by atoms with Crippen molar-refractivity contribution in [3.05, 3.63) is 35.6 Å². The molecule has 1 aromatic rings. The molecule has 1 aromatic carbocycles. The van der Waals surface area contributed by atoms with Crippen LogP contribution >= 0.6 is 12.6 Å². The van der Waals surface area contributed by atoms with E-state index in [0.29, 0.717) is 5.76 Å². The van der Waals surface area contributed by atoms with Gasteiger partial charge in [0, 0.05) is 19.8 Å². The number of amides is 1. The van der Waals surface area contributed by atoms with E-state index in [1.54, 1.807) is 6.08 Å². The van der Waals surface area contributed by atoms with Gasteiger partial charge < -0.3 is 15.0 Å². The van der Waals surface area contributed by atoms with E-state index in [1.807, 2.05) is 43.3 Å². The fourth-order valence-electron chi connectivity index (χ4n) is 1.51. The van der Waals surface area contributed by atoms with E-state index in [-0.39, 0.29) is 5.91 Å². The number of carbonyl (C=O) groups is 1. The zero-order valence-corrected chi connectivity index (χ0v) is 10.6. The number of thiol groups is 1. The van der Waals surface area contributed by atoms with Crippen LogP contribution in [0.2, 0.25) is 0 Å². The SMILES string of the molecule is CN(C)c1ccc(/C=C2/OC(S)NC2=O)cc1. The number of hydrogen-bond donors (Lipinski definition) is 2. The van der Waals surface area contributed by atoms with Crippen LogP contribution in [0.5, 0.6) is 0 Å². The standard InChI is InChI=1S/C12H14N2O2S/c1-14(2)9-5-3-8(4-6-9)7-10-11(15)13-12(17)16-10/h3-7,12,17H,1-2H3,(H,13,15)/b10-7+. The smallest absolute Gasteiger partial charge is 0.289 e. The molecule has 90 valence electrons. The number of benzene rings is 1. The number of carbonyl (C=O) groups excluding carboxylic acids is 1. The maximum absolute atomic E-state index is 11.4. The quantitative estimate of drug-likeness (QED) is 0.616. The summed E-state index contributed by atoms with van der Waals surface area (Å²) in [7, 11) is 3.96. The van der Waals surface area contributed by atoms with Crippen LogP contribution in [-0.2, 0) is 9.53 Å². The van der Waals surface area contributed by atoms with Crippen molar-refractivity contribution in [2.24, 2.45) is 0 Å². The summed E-state index contributed by atoms with van der Waals surface area (Å²) in [6.07, 6.45) is 1.70. The van der Waals surface area contributed by atoms with E-state index in [0.717, 1.165) is 11.3 Å². The molecule has 1 N–H and O–H groups in total. The van der Waals surface area contributed by atoms with Crippen LogP contribution in [0.15, 0.2) is 30.0 Å². The monoisotopic (exact) mass is 250 g/mol. The van der Waals surface area contributed by atoms with Crippen LogP contribution in [0.1, 0.15) is 5.56 Å². The summed E-state index contributed by atoms with van der Waals surface area (Å²) in [5, 5.41) is 2.54. The Morgan fingerprint density at radius 1 is 1.35 bits per heavy atom. The fourth-order valence-corrected chi connectivity index (χ4v) is 1.74. The lowest BCUT2D eigenvalue weighted by atomic mass is 10.2. The highest BCUT2D eigenvalue weighted by molar-refractivity contribution is 7.80. The number of ether oxygens (including phenoxy) is 1. The highest BCUT2D eigenvalue weighted by Gasteiger charge is 2.24. The lowest BCUT2D eigenvalue weighted by Gasteiger charge is -2.11. The topological polar surface area (TPSA) is 41.6 Å². The molecule has 1 saturated heterocycles. The lowest BCUT2D eigenvalue weighted by molar-refractivity contribution is -0.116. The molecule has 17 heavy (non-hydrogen) atoms. The second-order valence-electron chi connectivity index (χ2n) is 3.94. The number of nitrogens with one attached hydrogen (secondary N) is 1. The van der Waals surface area contributed by atoms with E-state index in [2.05, 4.69) is 17.9 Å². The van der Waals surface area contributed by atoms with Crippen molar-refractivity contribution < 1.29 is 9.53 Å². The van der Waals surface area contributed by atoms with Gasteiger partial charge in [-0.3, -0.25) is 4.79 Å². The first-order valence-corrected chi connectivity index (χ1v) is 5.72. The number of hydrogen-bond acceptors (Lipinski definition) is 4. The van der Waals surface area contributed by atoms with Gasteiger partial charge in [-0.15, -0.1) is 12.6 Å². The normalized spacial score (nSPS) is 21.2. The van der Waals surface area contributed by atoms with Crippen LogP contribution in [0, 0.1) is 0 Å². The molecule has 1 atom stereocenters. The van der Waals surface area contributed by atoms with Gasteiger partial charge in [0.25, 0.3) is 5.91 Å². The molecule has 0 spiro atoms. The molecule has 1 aliphatic heterocycles. The third-order valence-electron chi connectivity index (χ3n) is 2.42. The van der Waals surface area contributed by atoms with Gasteiger partial charge >= 0.3 is 0 Å². The van der Waals surface area contributed by atoms with Crippen molar-refractivity contribution in [1.29, 1.82) is 0 Å². The molecule has 1 amide bonds. The molecule has 1 fully saturated rings. The minimum atomic E-state index is -0.546. The second kappa shape index (κ2) is 4.71. The average molecular weight is 250 g/mol. The van der Waals surface area contributed by atoms with Crippen molar-refractivity contribution in [3.63, 3.8) is 0 Å². The lowest BCUT2D eigenvalue weighted by Crippen LogP contribution is -2.20. The molecule has 4 nitrogen and oxygen atoms in total. The molecule has 1 aliphatic rings. The van der Waals surface area contributed by atoms with Crippen molar-refractivity contribution in [2.45, 2.75) is 5.56 Å². The average Bonchev–Trinajstić information content (AvgIpc) is 2.58. The largest absolute Gasteiger partial charge is 0.456 e. The predicted octanol–water partition coefficient (Wildman–Crippen LogP) is 1.45. The Morgan fingerprint density at radius 2 is 2.00 bits per heavy atom. The van der Waals surface area contributed by atoms with Gasteiger partial charge in [0.1, 0.15) is 0 Å². The maximum atomic E-state index is 11.4. The minimum Gasteiger partial charge on any atom is -0.456 e. The third-order valence-corrected chi connectivity index (χ3v) is 2.66. The number of anilines is 1. The van der Waals surface area contributed by atoms with Crippen LogP contribution in [0.4, 0.5) is 5.69 Å². The summed E-state index contributed by atoms with van der Waals surface area (Å²) in [4.78, 5) is 13.4. The molecule has 0 radical (unpaired) electrons.